The zero-order valence-corrected chi connectivity index (χ0v) is 12.7. The second-order valence-corrected chi connectivity index (χ2v) is 3.49. The summed E-state index contributed by atoms with van der Waals surface area (Å²) in [7, 11) is 0. The first kappa shape index (κ1) is 19.6. The average Bonchev–Trinajstić information content (AvgIpc) is 2.43. The maximum Gasteiger partial charge on any atom is 0.204 e. The molecule has 2 rings (SSSR count). The zero-order valence-electron chi connectivity index (χ0n) is 12.7. The van der Waals surface area contributed by atoms with Gasteiger partial charge in [0.25, 0.3) is 0 Å². The summed E-state index contributed by atoms with van der Waals surface area (Å²) in [6.45, 7) is 11.6. The van der Waals surface area contributed by atoms with Crippen molar-refractivity contribution in [2.75, 3.05) is 13.2 Å². The number of primary amides is 1. The predicted octanol–water partition coefficient (Wildman–Crippen LogP) is 3.31. The number of hydrogen-bond acceptors (Lipinski definition) is 3. The largest absolute Gasteiger partial charge is 0.486 e. The Hall–Kier alpha value is -1.71. The molecule has 1 aliphatic rings. The van der Waals surface area contributed by atoms with Crippen molar-refractivity contribution in [2.24, 2.45) is 5.73 Å². The van der Waals surface area contributed by atoms with E-state index in [1.165, 1.54) is 12.0 Å². The van der Waals surface area contributed by atoms with Gasteiger partial charge < -0.3 is 15.2 Å². The fraction of sp³-hybridized carbons (Fsp3) is 0.533. The Balaban J connectivity index is 0. The molecule has 4 heteroatoms. The van der Waals surface area contributed by atoms with Crippen LogP contribution in [0.15, 0.2) is 18.2 Å². The smallest absolute Gasteiger partial charge is 0.204 e. The van der Waals surface area contributed by atoms with Crippen molar-refractivity contribution in [1.82, 2.24) is 0 Å². The van der Waals surface area contributed by atoms with Gasteiger partial charge in [0, 0.05) is 0 Å². The molecular weight excluding hydrogens is 242 g/mol. The molecule has 0 unspecified atom stereocenters. The summed E-state index contributed by atoms with van der Waals surface area (Å²) in [5.41, 5.74) is 5.37. The molecule has 19 heavy (non-hydrogen) atoms. The van der Waals surface area contributed by atoms with Gasteiger partial charge in [-0.2, -0.15) is 0 Å². The molecule has 0 atom stereocenters. The quantitative estimate of drug-likeness (QED) is 0.735. The van der Waals surface area contributed by atoms with Crippen molar-refractivity contribution >= 4 is 6.41 Å². The lowest BCUT2D eigenvalue weighted by Crippen LogP contribution is -2.15. The van der Waals surface area contributed by atoms with Crippen LogP contribution in [0.2, 0.25) is 0 Å². The van der Waals surface area contributed by atoms with Gasteiger partial charge in [0.05, 0.1) is 0 Å². The maximum absolute atomic E-state index is 8.58. The third-order valence-electron chi connectivity index (χ3n) is 1.70. The maximum atomic E-state index is 8.58. The van der Waals surface area contributed by atoms with E-state index in [0.29, 0.717) is 13.2 Å². The first-order valence-electron chi connectivity index (χ1n) is 6.71. The number of benzene rings is 1. The van der Waals surface area contributed by atoms with Crippen LogP contribution in [0.25, 0.3) is 0 Å². The van der Waals surface area contributed by atoms with Gasteiger partial charge in [-0.1, -0.05) is 40.2 Å². The number of aryl methyl sites for hydroxylation is 1. The van der Waals surface area contributed by atoms with E-state index in [1.807, 2.05) is 39.0 Å². The minimum atomic E-state index is 0.250. The molecule has 110 valence electrons. The Morgan fingerprint density at radius 3 is 2.05 bits per heavy atom. The fourth-order valence-electron chi connectivity index (χ4n) is 1.15. The second kappa shape index (κ2) is 14.4. The van der Waals surface area contributed by atoms with Crippen LogP contribution in [0.5, 0.6) is 11.5 Å². The predicted molar refractivity (Wildman–Crippen MR) is 79.7 cm³/mol. The van der Waals surface area contributed by atoms with Crippen LogP contribution in [0.3, 0.4) is 0 Å². The van der Waals surface area contributed by atoms with Crippen molar-refractivity contribution in [2.45, 2.75) is 41.0 Å². The Morgan fingerprint density at radius 1 is 1.16 bits per heavy atom. The van der Waals surface area contributed by atoms with Gasteiger partial charge in [0.2, 0.25) is 6.41 Å². The average molecular weight is 269 g/mol. The molecule has 2 N–H and O–H groups in total. The van der Waals surface area contributed by atoms with E-state index in [0.717, 1.165) is 11.5 Å². The lowest BCUT2D eigenvalue weighted by atomic mass is 10.2. The van der Waals surface area contributed by atoms with E-state index in [2.05, 4.69) is 19.6 Å². The molecule has 0 aliphatic carbocycles. The summed E-state index contributed by atoms with van der Waals surface area (Å²) in [4.78, 5) is 8.58. The molecule has 1 aromatic rings. The number of nitrogens with two attached hydrogens (primary N) is 1. The fourth-order valence-corrected chi connectivity index (χ4v) is 1.15. The first-order chi connectivity index (χ1) is 9.19. The highest BCUT2D eigenvalue weighted by Crippen LogP contribution is 2.30. The zero-order chi connectivity index (χ0) is 15.1. The topological polar surface area (TPSA) is 61.6 Å². The van der Waals surface area contributed by atoms with Gasteiger partial charge in [0.1, 0.15) is 13.2 Å². The first-order valence-corrected chi connectivity index (χ1v) is 6.71. The minimum Gasteiger partial charge on any atom is -0.486 e. The number of rotatable bonds is 0. The Morgan fingerprint density at radius 2 is 1.58 bits per heavy atom. The SMILES string of the molecule is CC.CCC.Cc1ccc2c(c1)OCCO2.NC=O. The van der Waals surface area contributed by atoms with Crippen LogP contribution in [0, 0.1) is 6.92 Å². The highest BCUT2D eigenvalue weighted by molar-refractivity contribution is 5.43. The molecule has 0 radical (unpaired) electrons. The Bertz CT molecular complexity index is 327. The van der Waals surface area contributed by atoms with E-state index >= 15 is 0 Å². The van der Waals surface area contributed by atoms with Gasteiger partial charge in [-0.25, -0.2) is 0 Å². The van der Waals surface area contributed by atoms with E-state index < -0.39 is 0 Å². The normalized spacial score (nSPS) is 10.4. The van der Waals surface area contributed by atoms with Gasteiger partial charge in [-0.3, -0.25) is 4.79 Å². The monoisotopic (exact) mass is 269 g/mol. The van der Waals surface area contributed by atoms with Crippen molar-refractivity contribution in [3.05, 3.63) is 23.8 Å². The number of carbonyl (C=O) groups is 1. The molecule has 0 saturated heterocycles. The van der Waals surface area contributed by atoms with E-state index in [1.54, 1.807) is 0 Å². The molecule has 0 saturated carbocycles. The number of amides is 1. The van der Waals surface area contributed by atoms with E-state index in [-0.39, 0.29) is 6.41 Å². The summed E-state index contributed by atoms with van der Waals surface area (Å²) in [5.74, 6) is 1.73. The van der Waals surface area contributed by atoms with Gasteiger partial charge in [-0.15, -0.1) is 0 Å². The molecule has 1 heterocycles. The summed E-state index contributed by atoms with van der Waals surface area (Å²) in [5, 5.41) is 0. The lowest BCUT2D eigenvalue weighted by Gasteiger charge is -2.18. The molecule has 1 aliphatic heterocycles. The van der Waals surface area contributed by atoms with Crippen LogP contribution in [0.1, 0.15) is 39.7 Å². The van der Waals surface area contributed by atoms with Crippen LogP contribution in [0.4, 0.5) is 0 Å². The van der Waals surface area contributed by atoms with E-state index in [9.17, 15) is 0 Å². The molecule has 1 aromatic carbocycles. The molecule has 0 bridgehead atoms. The Kier molecular flexibility index (Phi) is 14.8. The summed E-state index contributed by atoms with van der Waals surface area (Å²) >= 11 is 0. The molecule has 4 nitrogen and oxygen atoms in total. The summed E-state index contributed by atoms with van der Waals surface area (Å²) in [6, 6.07) is 5.96. The number of hydrogen-bond donors (Lipinski definition) is 1. The molecule has 1 amide bonds. The van der Waals surface area contributed by atoms with Crippen LogP contribution in [-0.2, 0) is 4.79 Å². The molecular formula is C15H27NO3. The van der Waals surface area contributed by atoms with Gasteiger partial charge in [0.15, 0.2) is 11.5 Å². The summed E-state index contributed by atoms with van der Waals surface area (Å²) < 4.78 is 10.7. The highest BCUT2D eigenvalue weighted by Gasteiger charge is 2.09. The number of ether oxygens (including phenoxy) is 2. The Labute approximate surface area is 116 Å². The van der Waals surface area contributed by atoms with Crippen molar-refractivity contribution in [3.63, 3.8) is 0 Å². The number of fused-ring (bicyclic) bond motifs is 1. The van der Waals surface area contributed by atoms with Crippen molar-refractivity contribution in [1.29, 1.82) is 0 Å². The lowest BCUT2D eigenvalue weighted by molar-refractivity contribution is -0.106. The van der Waals surface area contributed by atoms with Crippen LogP contribution >= 0.6 is 0 Å². The van der Waals surface area contributed by atoms with Crippen LogP contribution < -0.4 is 15.2 Å². The second-order valence-electron chi connectivity index (χ2n) is 3.49. The van der Waals surface area contributed by atoms with Gasteiger partial charge >= 0.3 is 0 Å². The number of carbonyl (C=O) groups excluding carboxylic acids is 1. The van der Waals surface area contributed by atoms with Gasteiger partial charge in [-0.05, 0) is 24.6 Å². The highest BCUT2D eigenvalue weighted by atomic mass is 16.6. The molecule has 0 spiro atoms. The standard InChI is InChI=1S/C9H10O2.C3H8.C2H6.CH3NO/c1-7-2-3-8-9(6-7)11-5-4-10-8;1-3-2;1-2;2-1-3/h2-3,6H,4-5H2,1H3;3H2,1-2H3;1-2H3;1H,(H2,2,3). The van der Waals surface area contributed by atoms with Crippen molar-refractivity contribution < 1.29 is 14.3 Å². The third kappa shape index (κ3) is 9.94. The molecule has 0 fully saturated rings. The minimum absolute atomic E-state index is 0.250. The van der Waals surface area contributed by atoms with Crippen LogP contribution in [-0.4, -0.2) is 19.6 Å². The van der Waals surface area contributed by atoms with Crippen molar-refractivity contribution in [3.8, 4) is 11.5 Å². The summed E-state index contributed by atoms with van der Waals surface area (Å²) in [6.07, 6.45) is 1.50. The van der Waals surface area contributed by atoms with E-state index in [4.69, 9.17) is 14.3 Å². The molecule has 0 aromatic heterocycles. The third-order valence-corrected chi connectivity index (χ3v) is 1.70.